The minimum absolute atomic E-state index is 0. The van der Waals surface area contributed by atoms with Crippen molar-refractivity contribution in [2.45, 2.75) is 77.8 Å². The molecule has 0 aromatic heterocycles. The predicted octanol–water partition coefficient (Wildman–Crippen LogP) is 7.11. The number of hydrogen-bond acceptors (Lipinski definition) is 6. The van der Waals surface area contributed by atoms with E-state index in [1.165, 1.54) is 0 Å². The maximum Gasteiger partial charge on any atom is 3.00 e. The Morgan fingerprint density at radius 3 is 0.636 bits per heavy atom. The fourth-order valence-electron chi connectivity index (χ4n) is 2.04. The molecular formula is C30H27EuF18O6. The van der Waals surface area contributed by atoms with Gasteiger partial charge in [-0.1, -0.05) is 78.0 Å². The minimum Gasteiger partial charge on any atom is -0.549 e. The number of carbonyl (C=O) groups excluding carboxylic acids is 3. The van der Waals surface area contributed by atoms with Crippen molar-refractivity contribution < 1.29 is 158 Å². The van der Waals surface area contributed by atoms with Gasteiger partial charge >= 0.3 is 85.7 Å². The van der Waals surface area contributed by atoms with Crippen LogP contribution in [0.25, 0.3) is 0 Å². The maximum atomic E-state index is 12.6. The average molecular weight is 977 g/mol. The Balaban J connectivity index is -0.000000351. The molecule has 0 aromatic rings. The quantitative estimate of drug-likeness (QED) is 0.152. The molecule has 0 aliphatic carbocycles. The van der Waals surface area contributed by atoms with Gasteiger partial charge in [-0.15, -0.1) is 0 Å². The van der Waals surface area contributed by atoms with Crippen molar-refractivity contribution >= 4 is 17.9 Å². The Kier molecular flexibility index (Phi) is 22.6. The molecule has 0 saturated carbocycles. The summed E-state index contributed by atoms with van der Waals surface area (Å²) in [5.74, 6) is -29.8. The first-order chi connectivity index (χ1) is 23.5. The van der Waals surface area contributed by atoms with E-state index in [1.807, 2.05) is 0 Å². The topological polar surface area (TPSA) is 120 Å². The van der Waals surface area contributed by atoms with Crippen LogP contribution in [0.5, 0.6) is 0 Å². The largest absolute Gasteiger partial charge is 3.00 e. The number of carboxylic acid groups (broad SMARTS) is 3. The summed E-state index contributed by atoms with van der Waals surface area (Å²) < 4.78 is 218. The SMILES string of the molecule is CC(C)(/C=C/C=C(\F)C(F)(F)C(F)(F)F)C(=O)[O-].CC(C)(/C=C/C=C(\F)C(F)(F)C(F)(F)F)C(=O)[O-].CC(C)(/C=C/C=C(\F)C(F)(F)C(F)(F)F)C(=O)[O-].[Eu+3]. The summed E-state index contributed by atoms with van der Waals surface area (Å²) in [5, 5.41) is 31.3. The monoisotopic (exact) mass is 978 g/mol. The first-order valence-corrected chi connectivity index (χ1v) is 13.6. The molecule has 55 heavy (non-hydrogen) atoms. The van der Waals surface area contributed by atoms with Crippen LogP contribution in [0.3, 0.4) is 0 Å². The van der Waals surface area contributed by atoms with Gasteiger partial charge in [0.05, 0.1) is 17.9 Å². The molecule has 0 N–H and O–H groups in total. The summed E-state index contributed by atoms with van der Waals surface area (Å²) >= 11 is 0. The van der Waals surface area contributed by atoms with Crippen LogP contribution >= 0.6 is 0 Å². The average Bonchev–Trinajstić information content (AvgIpc) is 2.95. The number of carboxylic acids is 3. The van der Waals surface area contributed by atoms with Crippen LogP contribution in [0, 0.1) is 65.6 Å². The third kappa shape index (κ3) is 18.8. The summed E-state index contributed by atoms with van der Waals surface area (Å²) in [6, 6.07) is 0. The molecule has 0 heterocycles. The molecule has 0 amide bonds. The summed E-state index contributed by atoms with van der Waals surface area (Å²) in [7, 11) is 0. The Morgan fingerprint density at radius 1 is 0.382 bits per heavy atom. The molecule has 0 aliphatic heterocycles. The molecule has 0 saturated heterocycles. The van der Waals surface area contributed by atoms with E-state index in [0.717, 1.165) is 59.8 Å². The molecule has 0 aromatic carbocycles. The standard InChI is InChI=1S/3C10H10F6O2.Eu/c3*1-8(2,7(17)18)5-3-4-6(11)9(12,13)10(14,15)16;/h3*3-5H,1-2H3,(H,17,18);/q;;;+3/p-3/b3*5-3+,6-4-;. The fourth-order valence-corrected chi connectivity index (χ4v) is 2.04. The summed E-state index contributed by atoms with van der Waals surface area (Å²) in [4.78, 5) is 31.3. The summed E-state index contributed by atoms with van der Waals surface area (Å²) in [6.07, 6.45) is -15.0. The number of alkyl halides is 15. The predicted molar refractivity (Wildman–Crippen MR) is 144 cm³/mol. The molecule has 0 radical (unpaired) electrons. The van der Waals surface area contributed by atoms with Crippen LogP contribution in [0.15, 0.2) is 72.2 Å². The molecule has 0 rings (SSSR count). The summed E-state index contributed by atoms with van der Waals surface area (Å²) in [5.41, 5.74) is -4.86. The third-order valence-corrected chi connectivity index (χ3v) is 5.81. The number of aliphatic carboxylic acids is 3. The van der Waals surface area contributed by atoms with Gasteiger partial charge in [-0.2, -0.15) is 65.9 Å². The van der Waals surface area contributed by atoms with E-state index in [0.29, 0.717) is 18.2 Å². The van der Waals surface area contributed by atoms with Gasteiger partial charge in [0.2, 0.25) is 0 Å². The summed E-state index contributed by atoms with van der Waals surface area (Å²) in [6.45, 7) is 6.62. The molecule has 0 unspecified atom stereocenters. The molecule has 316 valence electrons. The van der Waals surface area contributed by atoms with Gasteiger partial charge in [0.15, 0.2) is 17.5 Å². The van der Waals surface area contributed by atoms with Gasteiger partial charge in [0.25, 0.3) is 0 Å². The molecule has 0 atom stereocenters. The van der Waals surface area contributed by atoms with Crippen LogP contribution in [0.4, 0.5) is 79.0 Å². The van der Waals surface area contributed by atoms with Gasteiger partial charge in [-0.05, 0) is 18.2 Å². The van der Waals surface area contributed by atoms with Crippen molar-refractivity contribution in [1.29, 1.82) is 0 Å². The van der Waals surface area contributed by atoms with Crippen LogP contribution in [-0.2, 0) is 14.4 Å². The van der Waals surface area contributed by atoms with E-state index in [4.69, 9.17) is 0 Å². The first-order valence-electron chi connectivity index (χ1n) is 13.6. The maximum absolute atomic E-state index is 12.6. The van der Waals surface area contributed by atoms with Crippen molar-refractivity contribution in [1.82, 2.24) is 0 Å². The number of allylic oxidation sites excluding steroid dienone is 9. The molecular weight excluding hydrogens is 950 g/mol. The molecule has 6 nitrogen and oxygen atoms in total. The second kappa shape index (κ2) is 21.1. The Labute approximate surface area is 340 Å². The zero-order valence-electron chi connectivity index (χ0n) is 28.3. The van der Waals surface area contributed by atoms with E-state index >= 15 is 0 Å². The number of hydrogen-bond donors (Lipinski definition) is 0. The Bertz CT molecular complexity index is 1320. The van der Waals surface area contributed by atoms with Crippen molar-refractivity contribution in [3.63, 3.8) is 0 Å². The minimum atomic E-state index is -6.05. The van der Waals surface area contributed by atoms with Crippen molar-refractivity contribution in [3.05, 3.63) is 72.2 Å². The van der Waals surface area contributed by atoms with E-state index in [9.17, 15) is 109 Å². The Hall–Kier alpha value is -2.83. The Morgan fingerprint density at radius 2 is 0.527 bits per heavy atom. The number of carbonyl (C=O) groups is 3. The molecule has 0 aliphatic rings. The smallest absolute Gasteiger partial charge is 0.549 e. The first kappa shape index (κ1) is 58.9. The number of rotatable bonds is 12. The van der Waals surface area contributed by atoms with Gasteiger partial charge < -0.3 is 29.7 Å². The zero-order chi connectivity index (χ0) is 44.3. The van der Waals surface area contributed by atoms with E-state index in [2.05, 4.69) is 0 Å². The fraction of sp³-hybridized carbons (Fsp3) is 0.500. The van der Waals surface area contributed by atoms with Crippen LogP contribution in [0.1, 0.15) is 41.5 Å². The van der Waals surface area contributed by atoms with Crippen molar-refractivity contribution in [2.24, 2.45) is 16.2 Å². The van der Waals surface area contributed by atoms with Gasteiger partial charge in [-0.25, -0.2) is 13.2 Å². The van der Waals surface area contributed by atoms with Crippen molar-refractivity contribution in [2.75, 3.05) is 0 Å². The zero-order valence-corrected chi connectivity index (χ0v) is 30.8. The van der Waals surface area contributed by atoms with Gasteiger partial charge in [0.1, 0.15) is 0 Å². The van der Waals surface area contributed by atoms with E-state index < -0.39 is 87.9 Å². The third-order valence-electron chi connectivity index (χ3n) is 5.81. The second-order valence-corrected chi connectivity index (χ2v) is 11.9. The van der Waals surface area contributed by atoms with Crippen molar-refractivity contribution in [3.8, 4) is 0 Å². The van der Waals surface area contributed by atoms with E-state index in [1.54, 1.807) is 0 Å². The molecule has 0 fully saturated rings. The second-order valence-electron chi connectivity index (χ2n) is 11.9. The van der Waals surface area contributed by atoms with Crippen LogP contribution < -0.4 is 15.3 Å². The van der Waals surface area contributed by atoms with Crippen LogP contribution in [-0.4, -0.2) is 54.2 Å². The molecule has 25 heteroatoms. The number of halogens is 18. The normalized spacial score (nSPS) is 14.9. The molecule has 0 spiro atoms. The van der Waals surface area contributed by atoms with Crippen LogP contribution in [0.2, 0.25) is 0 Å². The van der Waals surface area contributed by atoms with E-state index in [-0.39, 0.29) is 67.6 Å². The van der Waals surface area contributed by atoms with Gasteiger partial charge in [0, 0.05) is 16.2 Å². The van der Waals surface area contributed by atoms with Gasteiger partial charge in [-0.3, -0.25) is 0 Å². The molecule has 0 bridgehead atoms.